The Labute approximate surface area is 123 Å². The molecule has 2 amide bonds. The quantitative estimate of drug-likeness (QED) is 0.784. The monoisotopic (exact) mass is 341 g/mol. The van der Waals surface area contributed by atoms with Crippen LogP contribution in [0.4, 0.5) is 0 Å². The van der Waals surface area contributed by atoms with Crippen LogP contribution in [-0.2, 0) is 14.4 Å². The van der Waals surface area contributed by atoms with Gasteiger partial charge in [0.25, 0.3) is 11.8 Å². The summed E-state index contributed by atoms with van der Waals surface area (Å²) in [5.74, 6) is -1.31. The summed E-state index contributed by atoms with van der Waals surface area (Å²) >= 11 is 3.29. The van der Waals surface area contributed by atoms with Crippen LogP contribution in [0.1, 0.15) is 30.1 Å². The van der Waals surface area contributed by atoms with Crippen molar-refractivity contribution in [1.82, 2.24) is 5.06 Å². The standard InChI is InChI=1S/C13H12BrNO5/c1-2-19-10-7-8(3-4-9(10)14)13(18)20-15-11(16)5-6-12(15)17/h3-4,7H,2,5-6H2,1H3. The van der Waals surface area contributed by atoms with Gasteiger partial charge in [-0.1, -0.05) is 0 Å². The molecule has 1 heterocycles. The third-order valence-corrected chi connectivity index (χ3v) is 3.30. The first-order valence-electron chi connectivity index (χ1n) is 6.03. The molecule has 1 aromatic rings. The lowest BCUT2D eigenvalue weighted by molar-refractivity contribution is -0.172. The summed E-state index contributed by atoms with van der Waals surface area (Å²) in [6.45, 7) is 2.26. The number of carbonyl (C=O) groups excluding carboxylic acids is 3. The second-order valence-electron chi connectivity index (χ2n) is 4.04. The van der Waals surface area contributed by atoms with Gasteiger partial charge < -0.3 is 9.57 Å². The van der Waals surface area contributed by atoms with Crippen molar-refractivity contribution in [3.8, 4) is 5.75 Å². The van der Waals surface area contributed by atoms with E-state index in [1.807, 2.05) is 6.92 Å². The largest absolute Gasteiger partial charge is 0.493 e. The van der Waals surface area contributed by atoms with Crippen molar-refractivity contribution in [1.29, 1.82) is 0 Å². The molecule has 0 bridgehead atoms. The smallest absolute Gasteiger partial charge is 0.364 e. The van der Waals surface area contributed by atoms with Crippen LogP contribution in [-0.4, -0.2) is 29.5 Å². The van der Waals surface area contributed by atoms with Crippen LogP contribution >= 0.6 is 15.9 Å². The Morgan fingerprint density at radius 1 is 1.30 bits per heavy atom. The van der Waals surface area contributed by atoms with E-state index in [1.165, 1.54) is 12.1 Å². The molecule has 0 N–H and O–H groups in total. The van der Waals surface area contributed by atoms with Gasteiger partial charge in [0.1, 0.15) is 5.75 Å². The molecule has 0 radical (unpaired) electrons. The Hall–Kier alpha value is -1.89. The highest BCUT2D eigenvalue weighted by Crippen LogP contribution is 2.26. The van der Waals surface area contributed by atoms with Crippen LogP contribution in [0.25, 0.3) is 0 Å². The van der Waals surface area contributed by atoms with Gasteiger partial charge >= 0.3 is 5.97 Å². The Morgan fingerprint density at radius 2 is 1.95 bits per heavy atom. The van der Waals surface area contributed by atoms with Gasteiger partial charge in [-0.05, 0) is 41.1 Å². The highest BCUT2D eigenvalue weighted by atomic mass is 79.9. The van der Waals surface area contributed by atoms with Gasteiger partial charge in [-0.2, -0.15) is 0 Å². The van der Waals surface area contributed by atoms with E-state index in [0.717, 1.165) is 0 Å². The van der Waals surface area contributed by atoms with E-state index in [0.29, 0.717) is 21.9 Å². The second-order valence-corrected chi connectivity index (χ2v) is 4.89. The Balaban J connectivity index is 2.15. The van der Waals surface area contributed by atoms with E-state index in [9.17, 15) is 14.4 Å². The third-order valence-electron chi connectivity index (χ3n) is 2.65. The summed E-state index contributed by atoms with van der Waals surface area (Å²) in [6.07, 6.45) is 0.132. The maximum atomic E-state index is 11.9. The fraction of sp³-hybridized carbons (Fsp3) is 0.308. The van der Waals surface area contributed by atoms with E-state index in [-0.39, 0.29) is 18.4 Å². The highest BCUT2D eigenvalue weighted by Gasteiger charge is 2.33. The van der Waals surface area contributed by atoms with Crippen molar-refractivity contribution in [3.05, 3.63) is 28.2 Å². The Kier molecular flexibility index (Phi) is 4.39. The van der Waals surface area contributed by atoms with Gasteiger partial charge in [0, 0.05) is 12.8 Å². The number of halogens is 1. The van der Waals surface area contributed by atoms with Crippen molar-refractivity contribution < 1.29 is 24.0 Å². The third kappa shape index (κ3) is 2.98. The first-order valence-corrected chi connectivity index (χ1v) is 6.82. The average Bonchev–Trinajstić information content (AvgIpc) is 2.73. The van der Waals surface area contributed by atoms with Gasteiger partial charge in [-0.15, -0.1) is 5.06 Å². The van der Waals surface area contributed by atoms with Crippen molar-refractivity contribution in [2.24, 2.45) is 0 Å². The highest BCUT2D eigenvalue weighted by molar-refractivity contribution is 9.10. The van der Waals surface area contributed by atoms with Crippen molar-refractivity contribution in [3.63, 3.8) is 0 Å². The molecule has 1 aliphatic rings. The summed E-state index contributed by atoms with van der Waals surface area (Å²) in [6, 6.07) is 4.64. The molecule has 1 saturated heterocycles. The van der Waals surface area contributed by atoms with Crippen LogP contribution in [0.2, 0.25) is 0 Å². The minimum absolute atomic E-state index is 0.0661. The maximum Gasteiger partial charge on any atom is 0.364 e. The zero-order chi connectivity index (χ0) is 14.7. The molecule has 6 nitrogen and oxygen atoms in total. The summed E-state index contributed by atoms with van der Waals surface area (Å²) in [7, 11) is 0. The van der Waals surface area contributed by atoms with Gasteiger partial charge in [-0.25, -0.2) is 4.79 Å². The molecular weight excluding hydrogens is 330 g/mol. The minimum atomic E-state index is -0.776. The van der Waals surface area contributed by atoms with E-state index in [4.69, 9.17) is 9.57 Å². The number of amides is 2. The number of hydrogen-bond donors (Lipinski definition) is 0. The topological polar surface area (TPSA) is 72.9 Å². The molecule has 106 valence electrons. The minimum Gasteiger partial charge on any atom is -0.493 e. The molecule has 2 rings (SSSR count). The number of rotatable bonds is 4. The molecule has 7 heteroatoms. The fourth-order valence-corrected chi connectivity index (χ4v) is 2.05. The van der Waals surface area contributed by atoms with Crippen LogP contribution in [0, 0.1) is 0 Å². The lowest BCUT2D eigenvalue weighted by Crippen LogP contribution is -2.32. The van der Waals surface area contributed by atoms with Crippen LogP contribution in [0.5, 0.6) is 5.75 Å². The molecule has 0 saturated carbocycles. The first-order chi connectivity index (χ1) is 9.52. The zero-order valence-electron chi connectivity index (χ0n) is 10.7. The van der Waals surface area contributed by atoms with Crippen LogP contribution in [0.3, 0.4) is 0 Å². The van der Waals surface area contributed by atoms with Gasteiger partial charge in [0.15, 0.2) is 0 Å². The molecule has 0 unspecified atom stereocenters. The van der Waals surface area contributed by atoms with Gasteiger partial charge in [0.05, 0.1) is 16.6 Å². The predicted octanol–water partition coefficient (Wildman–Crippen LogP) is 2.07. The number of hydroxylamine groups is 2. The van der Waals surface area contributed by atoms with Gasteiger partial charge in [-0.3, -0.25) is 9.59 Å². The van der Waals surface area contributed by atoms with Crippen molar-refractivity contribution in [2.45, 2.75) is 19.8 Å². The average molecular weight is 342 g/mol. The molecular formula is C13H12BrNO5. The molecule has 0 aliphatic carbocycles. The number of carbonyl (C=O) groups is 3. The molecule has 1 aromatic carbocycles. The summed E-state index contributed by atoms with van der Waals surface area (Å²) in [4.78, 5) is 39.5. The number of ether oxygens (including phenoxy) is 1. The normalized spacial score (nSPS) is 14.6. The SMILES string of the molecule is CCOc1cc(C(=O)ON2C(=O)CCC2=O)ccc1Br. The maximum absolute atomic E-state index is 11.9. The Morgan fingerprint density at radius 3 is 2.55 bits per heavy atom. The van der Waals surface area contributed by atoms with E-state index >= 15 is 0 Å². The van der Waals surface area contributed by atoms with E-state index in [1.54, 1.807) is 6.07 Å². The van der Waals surface area contributed by atoms with Crippen molar-refractivity contribution >= 4 is 33.7 Å². The molecule has 1 aliphatic heterocycles. The number of nitrogens with zero attached hydrogens (tertiary/aromatic N) is 1. The summed E-state index contributed by atoms with van der Waals surface area (Å²) in [5.41, 5.74) is 0.198. The first kappa shape index (κ1) is 14.5. The lowest BCUT2D eigenvalue weighted by atomic mass is 10.2. The van der Waals surface area contributed by atoms with Crippen molar-refractivity contribution in [2.75, 3.05) is 6.61 Å². The van der Waals surface area contributed by atoms with Crippen LogP contribution < -0.4 is 4.74 Å². The molecule has 20 heavy (non-hydrogen) atoms. The zero-order valence-corrected chi connectivity index (χ0v) is 12.3. The number of hydrogen-bond acceptors (Lipinski definition) is 5. The number of benzene rings is 1. The molecule has 0 atom stereocenters. The molecule has 0 aromatic heterocycles. The second kappa shape index (κ2) is 6.04. The molecule has 0 spiro atoms. The molecule has 1 fully saturated rings. The van der Waals surface area contributed by atoms with E-state index in [2.05, 4.69) is 15.9 Å². The van der Waals surface area contributed by atoms with Crippen LogP contribution in [0.15, 0.2) is 22.7 Å². The van der Waals surface area contributed by atoms with E-state index < -0.39 is 17.8 Å². The fourth-order valence-electron chi connectivity index (χ4n) is 1.69. The van der Waals surface area contributed by atoms with Gasteiger partial charge in [0.2, 0.25) is 0 Å². The summed E-state index contributed by atoms with van der Waals surface area (Å²) in [5, 5.41) is 0.519. The predicted molar refractivity (Wildman–Crippen MR) is 71.8 cm³/mol. The lowest BCUT2D eigenvalue weighted by Gasteiger charge is -2.13. The summed E-state index contributed by atoms with van der Waals surface area (Å²) < 4.78 is 6.04. The Bertz CT molecular complexity index is 556. The number of imide groups is 1.